The Morgan fingerprint density at radius 2 is 2.04 bits per heavy atom. The van der Waals surface area contributed by atoms with Crippen LogP contribution in [0.4, 0.5) is 5.13 Å². The van der Waals surface area contributed by atoms with Crippen molar-refractivity contribution in [2.75, 3.05) is 5.32 Å². The molecule has 0 spiro atoms. The molecule has 0 radical (unpaired) electrons. The van der Waals surface area contributed by atoms with Crippen LogP contribution in [-0.4, -0.2) is 15.9 Å². The van der Waals surface area contributed by atoms with E-state index in [0.717, 1.165) is 15.8 Å². The van der Waals surface area contributed by atoms with Crippen LogP contribution in [0.2, 0.25) is 5.02 Å². The highest BCUT2D eigenvalue weighted by Gasteiger charge is 2.11. The van der Waals surface area contributed by atoms with Crippen LogP contribution in [0.3, 0.4) is 0 Å². The lowest BCUT2D eigenvalue weighted by atomic mass is 10.2. The number of halogens is 1. The van der Waals surface area contributed by atoms with Gasteiger partial charge in [0.2, 0.25) is 5.91 Å². The van der Waals surface area contributed by atoms with E-state index in [4.69, 9.17) is 16.0 Å². The van der Waals surface area contributed by atoms with E-state index >= 15 is 0 Å². The van der Waals surface area contributed by atoms with Crippen molar-refractivity contribution < 1.29 is 9.21 Å². The summed E-state index contributed by atoms with van der Waals surface area (Å²) in [5, 5.41) is 4.03. The monoisotopic (exact) mass is 383 g/mol. The van der Waals surface area contributed by atoms with Crippen LogP contribution < -0.4 is 5.32 Å². The number of aryl methyl sites for hydroxylation is 1. The van der Waals surface area contributed by atoms with Crippen molar-refractivity contribution in [2.24, 2.45) is 0 Å². The number of aromatic nitrogens is 2. The molecular weight excluding hydrogens is 370 g/mol. The average Bonchev–Trinajstić information content (AvgIpc) is 3.27. The summed E-state index contributed by atoms with van der Waals surface area (Å²) in [6.07, 6.45) is 2.38. The normalized spacial score (nSPS) is 11.0. The Kier molecular flexibility index (Phi) is 4.69. The largest absolute Gasteiger partial charge is 0.441 e. The van der Waals surface area contributed by atoms with Crippen molar-refractivity contribution in [3.05, 3.63) is 65.6 Å². The number of carbonyl (C=O) groups excluding carboxylic acids is 1. The number of amides is 1. The molecule has 0 fully saturated rings. The zero-order valence-electron chi connectivity index (χ0n) is 13.6. The smallest absolute Gasteiger partial charge is 0.226 e. The van der Waals surface area contributed by atoms with Gasteiger partial charge >= 0.3 is 0 Å². The molecule has 0 aliphatic rings. The minimum absolute atomic E-state index is 0.130. The number of fused-ring (bicyclic) bond motifs is 1. The molecule has 0 aliphatic heterocycles. The van der Waals surface area contributed by atoms with Gasteiger partial charge in [-0.15, -0.1) is 0 Å². The van der Waals surface area contributed by atoms with Crippen LogP contribution in [0.5, 0.6) is 0 Å². The highest BCUT2D eigenvalue weighted by molar-refractivity contribution is 7.22. The standard InChI is InChI=1S/C19H14ClN3O2S/c20-13-6-7-14-16(10-13)26-19(22-14)23-17(24)8-9-18-21-11-15(25-18)12-4-2-1-3-5-12/h1-7,10-11H,8-9H2,(H,22,23,24). The maximum absolute atomic E-state index is 12.2. The number of nitrogens with zero attached hydrogens (tertiary/aromatic N) is 2. The Bertz CT molecular complexity index is 1060. The van der Waals surface area contributed by atoms with E-state index in [1.165, 1.54) is 11.3 Å². The predicted octanol–water partition coefficient (Wildman–Crippen LogP) is 5.18. The van der Waals surface area contributed by atoms with Gasteiger partial charge in [-0.2, -0.15) is 0 Å². The van der Waals surface area contributed by atoms with Crippen molar-refractivity contribution >= 4 is 44.2 Å². The number of carbonyl (C=O) groups is 1. The third-order valence-corrected chi connectivity index (χ3v) is 4.94. The van der Waals surface area contributed by atoms with Gasteiger partial charge in [0.05, 0.1) is 16.4 Å². The average molecular weight is 384 g/mol. The molecule has 1 N–H and O–H groups in total. The van der Waals surface area contributed by atoms with Crippen LogP contribution in [0.15, 0.2) is 59.1 Å². The molecule has 26 heavy (non-hydrogen) atoms. The van der Waals surface area contributed by atoms with Crippen LogP contribution in [0.25, 0.3) is 21.5 Å². The molecule has 7 heteroatoms. The van der Waals surface area contributed by atoms with Gasteiger partial charge in [-0.3, -0.25) is 4.79 Å². The van der Waals surface area contributed by atoms with Crippen molar-refractivity contribution in [3.63, 3.8) is 0 Å². The summed E-state index contributed by atoms with van der Waals surface area (Å²) in [5.74, 6) is 1.11. The van der Waals surface area contributed by atoms with E-state index in [-0.39, 0.29) is 12.3 Å². The van der Waals surface area contributed by atoms with Gasteiger partial charge in [-0.1, -0.05) is 53.3 Å². The molecule has 0 aliphatic carbocycles. The maximum Gasteiger partial charge on any atom is 0.226 e. The predicted molar refractivity (Wildman–Crippen MR) is 104 cm³/mol. The molecule has 0 unspecified atom stereocenters. The van der Waals surface area contributed by atoms with Gasteiger partial charge in [-0.25, -0.2) is 9.97 Å². The number of hydrogen-bond acceptors (Lipinski definition) is 5. The van der Waals surface area contributed by atoms with Gasteiger partial charge in [-0.05, 0) is 18.2 Å². The van der Waals surface area contributed by atoms with Crippen molar-refractivity contribution in [1.29, 1.82) is 0 Å². The number of hydrogen-bond donors (Lipinski definition) is 1. The highest BCUT2D eigenvalue weighted by atomic mass is 35.5. The number of benzene rings is 2. The minimum atomic E-state index is -0.130. The van der Waals surface area contributed by atoms with Gasteiger partial charge in [0.15, 0.2) is 16.8 Å². The molecular formula is C19H14ClN3O2S. The molecule has 2 heterocycles. The maximum atomic E-state index is 12.2. The quantitative estimate of drug-likeness (QED) is 0.515. The summed E-state index contributed by atoms with van der Waals surface area (Å²) >= 11 is 7.37. The molecule has 1 amide bonds. The fraction of sp³-hybridized carbons (Fsp3) is 0.105. The van der Waals surface area contributed by atoms with Gasteiger partial charge < -0.3 is 9.73 Å². The topological polar surface area (TPSA) is 68.0 Å². The van der Waals surface area contributed by atoms with Gasteiger partial charge in [0.25, 0.3) is 0 Å². The first kappa shape index (κ1) is 16.8. The first-order valence-electron chi connectivity index (χ1n) is 8.03. The second-order valence-electron chi connectivity index (χ2n) is 5.66. The number of thiazole rings is 1. The van der Waals surface area contributed by atoms with Crippen molar-refractivity contribution in [2.45, 2.75) is 12.8 Å². The van der Waals surface area contributed by atoms with E-state index < -0.39 is 0 Å². The third-order valence-electron chi connectivity index (χ3n) is 3.77. The Hall–Kier alpha value is -2.70. The highest BCUT2D eigenvalue weighted by Crippen LogP contribution is 2.28. The summed E-state index contributed by atoms with van der Waals surface area (Å²) in [7, 11) is 0. The Morgan fingerprint density at radius 3 is 2.88 bits per heavy atom. The lowest BCUT2D eigenvalue weighted by Crippen LogP contribution is -2.12. The SMILES string of the molecule is O=C(CCc1ncc(-c2ccccc2)o1)Nc1nc2ccc(Cl)cc2s1. The number of nitrogens with one attached hydrogen (secondary N) is 1. The molecule has 0 saturated heterocycles. The van der Waals surface area contributed by atoms with E-state index in [2.05, 4.69) is 15.3 Å². The summed E-state index contributed by atoms with van der Waals surface area (Å²) in [4.78, 5) is 20.8. The Morgan fingerprint density at radius 1 is 1.19 bits per heavy atom. The van der Waals surface area contributed by atoms with E-state index in [0.29, 0.717) is 28.2 Å². The van der Waals surface area contributed by atoms with E-state index in [1.54, 1.807) is 12.3 Å². The van der Waals surface area contributed by atoms with Crippen molar-refractivity contribution in [3.8, 4) is 11.3 Å². The molecule has 4 rings (SSSR count). The van der Waals surface area contributed by atoms with Crippen LogP contribution in [-0.2, 0) is 11.2 Å². The van der Waals surface area contributed by atoms with Gasteiger partial charge in [0, 0.05) is 23.4 Å². The lowest BCUT2D eigenvalue weighted by Gasteiger charge is -1.99. The van der Waals surface area contributed by atoms with Crippen LogP contribution in [0.1, 0.15) is 12.3 Å². The van der Waals surface area contributed by atoms with E-state index in [9.17, 15) is 4.79 Å². The number of anilines is 1. The molecule has 0 saturated carbocycles. The zero-order valence-corrected chi connectivity index (χ0v) is 15.2. The molecule has 2 aromatic carbocycles. The fourth-order valence-electron chi connectivity index (χ4n) is 2.52. The van der Waals surface area contributed by atoms with E-state index in [1.807, 2.05) is 42.5 Å². The molecule has 4 aromatic rings. The molecule has 2 aromatic heterocycles. The second kappa shape index (κ2) is 7.27. The van der Waals surface area contributed by atoms with Crippen LogP contribution in [0, 0.1) is 0 Å². The molecule has 5 nitrogen and oxygen atoms in total. The molecule has 0 atom stereocenters. The summed E-state index contributed by atoms with van der Waals surface area (Å²) < 4.78 is 6.65. The van der Waals surface area contributed by atoms with Crippen molar-refractivity contribution in [1.82, 2.24) is 9.97 Å². The summed E-state index contributed by atoms with van der Waals surface area (Å²) in [6, 6.07) is 15.2. The number of rotatable bonds is 5. The molecule has 130 valence electrons. The first-order chi connectivity index (χ1) is 12.7. The molecule has 0 bridgehead atoms. The third kappa shape index (κ3) is 3.76. The number of oxazole rings is 1. The van der Waals surface area contributed by atoms with Crippen LogP contribution >= 0.6 is 22.9 Å². The first-order valence-corrected chi connectivity index (χ1v) is 9.23. The minimum Gasteiger partial charge on any atom is -0.441 e. The Labute approximate surface area is 158 Å². The summed E-state index contributed by atoms with van der Waals surface area (Å²) in [5.41, 5.74) is 1.78. The fourth-order valence-corrected chi connectivity index (χ4v) is 3.67. The second-order valence-corrected chi connectivity index (χ2v) is 7.13. The lowest BCUT2D eigenvalue weighted by molar-refractivity contribution is -0.116. The van der Waals surface area contributed by atoms with Gasteiger partial charge in [0.1, 0.15) is 0 Å². The summed E-state index contributed by atoms with van der Waals surface area (Å²) in [6.45, 7) is 0. The zero-order chi connectivity index (χ0) is 17.9. The Balaban J connectivity index is 1.37.